The summed E-state index contributed by atoms with van der Waals surface area (Å²) in [4.78, 5) is 4.04. The lowest BCUT2D eigenvalue weighted by molar-refractivity contribution is 0.901. The summed E-state index contributed by atoms with van der Waals surface area (Å²) in [6.07, 6.45) is 3.48. The van der Waals surface area contributed by atoms with E-state index in [9.17, 15) is 0 Å². The lowest BCUT2D eigenvalue weighted by Crippen LogP contribution is -1.93. The SMILES string of the molecule is CC.Cc1nn2ccnc2cc1Cl. The van der Waals surface area contributed by atoms with Crippen molar-refractivity contribution in [1.29, 1.82) is 0 Å². The van der Waals surface area contributed by atoms with Gasteiger partial charge in [0.15, 0.2) is 5.65 Å². The number of fused-ring (bicyclic) bond motifs is 1. The molecule has 0 amide bonds. The summed E-state index contributed by atoms with van der Waals surface area (Å²) in [6, 6.07) is 1.80. The second-order valence-corrected chi connectivity index (χ2v) is 2.71. The molecule has 0 spiro atoms. The van der Waals surface area contributed by atoms with Crippen molar-refractivity contribution < 1.29 is 0 Å². The Bertz CT molecular complexity index is 359. The van der Waals surface area contributed by atoms with Gasteiger partial charge in [-0.05, 0) is 6.92 Å². The minimum atomic E-state index is 0.656. The second-order valence-electron chi connectivity index (χ2n) is 2.31. The first-order valence-electron chi connectivity index (χ1n) is 4.24. The molecular weight excluding hydrogens is 186 g/mol. The van der Waals surface area contributed by atoms with Gasteiger partial charge in [-0.1, -0.05) is 25.4 Å². The average Bonchev–Trinajstić information content (AvgIpc) is 2.56. The van der Waals surface area contributed by atoms with E-state index >= 15 is 0 Å². The second kappa shape index (κ2) is 4.23. The summed E-state index contributed by atoms with van der Waals surface area (Å²) >= 11 is 5.83. The van der Waals surface area contributed by atoms with Crippen LogP contribution in [0.15, 0.2) is 18.5 Å². The predicted octanol–water partition coefficient (Wildman–Crippen LogP) is 2.72. The van der Waals surface area contributed by atoms with Crippen LogP contribution in [0.5, 0.6) is 0 Å². The maximum Gasteiger partial charge on any atom is 0.154 e. The topological polar surface area (TPSA) is 30.2 Å². The molecule has 2 rings (SSSR count). The van der Waals surface area contributed by atoms with Crippen molar-refractivity contribution in [1.82, 2.24) is 14.6 Å². The van der Waals surface area contributed by atoms with E-state index in [-0.39, 0.29) is 0 Å². The quantitative estimate of drug-likeness (QED) is 0.650. The molecule has 2 heterocycles. The number of imidazole rings is 1. The highest BCUT2D eigenvalue weighted by Crippen LogP contribution is 2.13. The van der Waals surface area contributed by atoms with Crippen LogP contribution in [0.4, 0.5) is 0 Å². The fraction of sp³-hybridized carbons (Fsp3) is 0.333. The molecule has 3 nitrogen and oxygen atoms in total. The standard InChI is InChI=1S/C7H6ClN3.C2H6/c1-5-6(8)4-7-9-2-3-11(7)10-5;1-2/h2-4H,1H3;1-2H3. The van der Waals surface area contributed by atoms with Crippen molar-refractivity contribution in [3.8, 4) is 0 Å². The highest BCUT2D eigenvalue weighted by Gasteiger charge is 1.99. The van der Waals surface area contributed by atoms with Gasteiger partial charge in [0.05, 0.1) is 10.7 Å². The van der Waals surface area contributed by atoms with Crippen molar-refractivity contribution in [3.63, 3.8) is 0 Å². The molecule has 2 aromatic rings. The van der Waals surface area contributed by atoms with Crippen molar-refractivity contribution in [3.05, 3.63) is 29.2 Å². The Morgan fingerprint density at radius 3 is 2.77 bits per heavy atom. The molecule has 70 valence electrons. The van der Waals surface area contributed by atoms with Gasteiger partial charge in [-0.2, -0.15) is 5.10 Å². The van der Waals surface area contributed by atoms with Gasteiger partial charge >= 0.3 is 0 Å². The molecule has 0 bridgehead atoms. The van der Waals surface area contributed by atoms with Crippen LogP contribution in [-0.2, 0) is 0 Å². The Labute approximate surface area is 82.4 Å². The van der Waals surface area contributed by atoms with Crippen LogP contribution >= 0.6 is 11.6 Å². The third-order valence-electron chi connectivity index (χ3n) is 1.51. The molecule has 0 radical (unpaired) electrons. The molecule has 0 aliphatic heterocycles. The smallest absolute Gasteiger partial charge is 0.154 e. The summed E-state index contributed by atoms with van der Waals surface area (Å²) in [7, 11) is 0. The van der Waals surface area contributed by atoms with Crippen molar-refractivity contribution in [2.75, 3.05) is 0 Å². The molecule has 2 aromatic heterocycles. The molecule has 0 atom stereocenters. The molecule has 0 aliphatic rings. The van der Waals surface area contributed by atoms with E-state index in [1.54, 1.807) is 23.0 Å². The third-order valence-corrected chi connectivity index (χ3v) is 1.89. The summed E-state index contributed by atoms with van der Waals surface area (Å²) in [5.74, 6) is 0. The number of hydrogen-bond acceptors (Lipinski definition) is 2. The fourth-order valence-corrected chi connectivity index (χ4v) is 1.06. The summed E-state index contributed by atoms with van der Waals surface area (Å²) < 4.78 is 1.70. The van der Waals surface area contributed by atoms with Gasteiger partial charge in [-0.25, -0.2) is 9.50 Å². The van der Waals surface area contributed by atoms with Gasteiger partial charge in [0.25, 0.3) is 0 Å². The van der Waals surface area contributed by atoms with Crippen LogP contribution < -0.4 is 0 Å². The molecule has 4 heteroatoms. The monoisotopic (exact) mass is 197 g/mol. The minimum Gasteiger partial charge on any atom is -0.235 e. The summed E-state index contributed by atoms with van der Waals surface area (Å²) in [6.45, 7) is 5.86. The van der Waals surface area contributed by atoms with Crippen LogP contribution in [0, 0.1) is 6.92 Å². The van der Waals surface area contributed by atoms with Crippen LogP contribution in [0.3, 0.4) is 0 Å². The van der Waals surface area contributed by atoms with E-state index in [4.69, 9.17) is 11.6 Å². The number of aromatic nitrogens is 3. The van der Waals surface area contributed by atoms with Crippen molar-refractivity contribution >= 4 is 17.2 Å². The number of rotatable bonds is 0. The molecule has 0 unspecified atom stereocenters. The average molecular weight is 198 g/mol. The maximum absolute atomic E-state index is 5.83. The Kier molecular flexibility index (Phi) is 3.25. The van der Waals surface area contributed by atoms with E-state index in [2.05, 4.69) is 10.1 Å². The first-order chi connectivity index (χ1) is 6.27. The number of aryl methyl sites for hydroxylation is 1. The number of nitrogens with zero attached hydrogens (tertiary/aromatic N) is 3. The lowest BCUT2D eigenvalue weighted by atomic mass is 10.4. The Hall–Kier alpha value is -1.09. The number of hydrogen-bond donors (Lipinski definition) is 0. The Morgan fingerprint density at radius 2 is 2.08 bits per heavy atom. The molecule has 0 saturated carbocycles. The summed E-state index contributed by atoms with van der Waals surface area (Å²) in [5, 5.41) is 4.81. The van der Waals surface area contributed by atoms with Gasteiger partial charge in [0.1, 0.15) is 0 Å². The van der Waals surface area contributed by atoms with Crippen LogP contribution in [0.2, 0.25) is 5.02 Å². The largest absolute Gasteiger partial charge is 0.235 e. The van der Waals surface area contributed by atoms with E-state index < -0.39 is 0 Å². The molecule has 0 aliphatic carbocycles. The molecule has 0 saturated heterocycles. The van der Waals surface area contributed by atoms with E-state index in [0.717, 1.165) is 11.3 Å². The zero-order valence-corrected chi connectivity index (χ0v) is 8.71. The van der Waals surface area contributed by atoms with E-state index in [0.29, 0.717) is 5.02 Å². The van der Waals surface area contributed by atoms with E-state index in [1.807, 2.05) is 20.8 Å². The maximum atomic E-state index is 5.83. The first-order valence-corrected chi connectivity index (χ1v) is 4.61. The molecule has 0 N–H and O–H groups in total. The molecule has 0 aromatic carbocycles. The van der Waals surface area contributed by atoms with Gasteiger partial charge in [-0.15, -0.1) is 0 Å². The predicted molar refractivity (Wildman–Crippen MR) is 54.1 cm³/mol. The van der Waals surface area contributed by atoms with Crippen molar-refractivity contribution in [2.24, 2.45) is 0 Å². The highest BCUT2D eigenvalue weighted by atomic mass is 35.5. The zero-order chi connectivity index (χ0) is 9.84. The van der Waals surface area contributed by atoms with Crippen LogP contribution in [-0.4, -0.2) is 14.6 Å². The summed E-state index contributed by atoms with van der Waals surface area (Å²) in [5.41, 5.74) is 1.60. The normalized spacial score (nSPS) is 9.54. The van der Waals surface area contributed by atoms with Gasteiger partial charge < -0.3 is 0 Å². The molecular formula is C9H12ClN3. The number of halogens is 1. The fourth-order valence-electron chi connectivity index (χ4n) is 0.923. The molecule has 13 heavy (non-hydrogen) atoms. The Morgan fingerprint density at radius 1 is 1.38 bits per heavy atom. The van der Waals surface area contributed by atoms with Gasteiger partial charge in [-0.3, -0.25) is 0 Å². The zero-order valence-electron chi connectivity index (χ0n) is 7.95. The van der Waals surface area contributed by atoms with Gasteiger partial charge in [0.2, 0.25) is 0 Å². The minimum absolute atomic E-state index is 0.656. The van der Waals surface area contributed by atoms with Crippen molar-refractivity contribution in [2.45, 2.75) is 20.8 Å². The van der Waals surface area contributed by atoms with Crippen LogP contribution in [0.1, 0.15) is 19.5 Å². The van der Waals surface area contributed by atoms with Crippen LogP contribution in [0.25, 0.3) is 5.65 Å². The molecule has 0 fully saturated rings. The lowest BCUT2D eigenvalue weighted by Gasteiger charge is -1.96. The first kappa shape index (κ1) is 9.99. The third kappa shape index (κ3) is 1.98. The van der Waals surface area contributed by atoms with Gasteiger partial charge in [0, 0.05) is 18.5 Å². The Balaban J connectivity index is 0.000000396. The van der Waals surface area contributed by atoms with E-state index in [1.165, 1.54) is 0 Å². The highest BCUT2D eigenvalue weighted by molar-refractivity contribution is 6.31.